The molecule has 34 heavy (non-hydrogen) atoms. The number of carbonyl (C=O) groups is 4. The summed E-state index contributed by atoms with van der Waals surface area (Å²) in [6.07, 6.45) is 0.333. The molecule has 3 amide bonds. The number of halogens is 1. The number of nitrogens with zero attached hydrogens (tertiary/aromatic N) is 1. The van der Waals surface area contributed by atoms with E-state index in [9.17, 15) is 19.2 Å². The average molecular weight is 537 g/mol. The van der Waals surface area contributed by atoms with Crippen molar-refractivity contribution in [2.45, 2.75) is 26.5 Å². The summed E-state index contributed by atoms with van der Waals surface area (Å²) >= 11 is 3.37. The average Bonchev–Trinajstić information content (AvgIpc) is 3.36. The molecule has 180 valence electrons. The van der Waals surface area contributed by atoms with Gasteiger partial charge in [-0.1, -0.05) is 15.9 Å². The van der Waals surface area contributed by atoms with Crippen LogP contribution < -0.4 is 14.8 Å². The van der Waals surface area contributed by atoms with Crippen molar-refractivity contribution >= 4 is 45.9 Å². The van der Waals surface area contributed by atoms with Gasteiger partial charge in [-0.15, -0.1) is 0 Å². The second kappa shape index (κ2) is 10.4. The Morgan fingerprint density at radius 3 is 2.65 bits per heavy atom. The van der Waals surface area contributed by atoms with E-state index in [0.29, 0.717) is 10.0 Å². The molecule has 0 radical (unpaired) electrons. The van der Waals surface area contributed by atoms with Crippen molar-refractivity contribution in [3.8, 4) is 11.5 Å². The molecule has 0 spiro atoms. The zero-order valence-corrected chi connectivity index (χ0v) is 20.0. The molecule has 0 bridgehead atoms. The van der Waals surface area contributed by atoms with Gasteiger partial charge in [-0.2, -0.15) is 0 Å². The van der Waals surface area contributed by atoms with Crippen LogP contribution in [0.2, 0.25) is 0 Å². The van der Waals surface area contributed by atoms with Gasteiger partial charge in [0.2, 0.25) is 5.76 Å². The van der Waals surface area contributed by atoms with Gasteiger partial charge in [0, 0.05) is 4.47 Å². The number of nitrogens with one attached hydrogen (secondary N) is 1. The first-order chi connectivity index (χ1) is 16.1. The van der Waals surface area contributed by atoms with E-state index in [-0.39, 0.29) is 41.9 Å². The Kier molecular flexibility index (Phi) is 7.61. The Hall–Kier alpha value is -3.80. The van der Waals surface area contributed by atoms with Gasteiger partial charge in [0.05, 0.1) is 20.3 Å². The Morgan fingerprint density at radius 1 is 1.26 bits per heavy atom. The molecule has 1 aromatic heterocycles. The molecule has 1 fully saturated rings. The monoisotopic (exact) mass is 536 g/mol. The summed E-state index contributed by atoms with van der Waals surface area (Å²) in [5.41, 5.74) is 0.482. The fourth-order valence-electron chi connectivity index (χ4n) is 2.96. The summed E-state index contributed by atoms with van der Waals surface area (Å²) < 4.78 is 21.4. The first-order valence-corrected chi connectivity index (χ1v) is 10.8. The number of urea groups is 1. The van der Waals surface area contributed by atoms with Gasteiger partial charge in [0.15, 0.2) is 17.6 Å². The van der Waals surface area contributed by atoms with E-state index in [0.717, 1.165) is 4.90 Å². The molecule has 1 atom stereocenters. The number of esters is 1. The third-order valence-electron chi connectivity index (χ3n) is 4.64. The molecule has 11 nitrogen and oxygen atoms in total. The minimum absolute atomic E-state index is 0.000434. The molecule has 1 aromatic carbocycles. The van der Waals surface area contributed by atoms with Crippen LogP contribution in [0.15, 0.2) is 38.9 Å². The second-order valence-electron chi connectivity index (χ2n) is 6.99. The summed E-state index contributed by atoms with van der Waals surface area (Å²) in [6.45, 7) is 3.24. The SMILES string of the molecule is CCOc1cc(/C=C2\NC(=O)N(Cc3ccc(C(=O)OC)o3)C2=O)c(Br)cc1O[C@@H](C)C(=O)O. The van der Waals surface area contributed by atoms with Gasteiger partial charge < -0.3 is 29.1 Å². The molecular weight excluding hydrogens is 516 g/mol. The highest BCUT2D eigenvalue weighted by Crippen LogP contribution is 2.36. The maximum Gasteiger partial charge on any atom is 0.373 e. The van der Waals surface area contributed by atoms with Gasteiger partial charge in [0.1, 0.15) is 11.5 Å². The molecule has 1 saturated heterocycles. The predicted molar refractivity (Wildman–Crippen MR) is 120 cm³/mol. The number of aliphatic carboxylic acids is 1. The minimum atomic E-state index is -1.14. The maximum atomic E-state index is 12.8. The number of carboxylic acids is 1. The lowest BCUT2D eigenvalue weighted by molar-refractivity contribution is -0.144. The first kappa shape index (κ1) is 24.8. The van der Waals surface area contributed by atoms with E-state index in [1.165, 1.54) is 38.3 Å². The molecule has 2 aromatic rings. The van der Waals surface area contributed by atoms with Crippen molar-refractivity contribution in [2.24, 2.45) is 0 Å². The van der Waals surface area contributed by atoms with E-state index in [1.807, 2.05) is 0 Å². The van der Waals surface area contributed by atoms with Crippen LogP contribution in [0.5, 0.6) is 11.5 Å². The number of hydrogen-bond acceptors (Lipinski definition) is 8. The number of imide groups is 1. The van der Waals surface area contributed by atoms with Crippen LogP contribution in [-0.4, -0.2) is 53.7 Å². The highest BCUT2D eigenvalue weighted by atomic mass is 79.9. The van der Waals surface area contributed by atoms with Crippen LogP contribution in [-0.2, 0) is 20.9 Å². The fourth-order valence-corrected chi connectivity index (χ4v) is 3.40. The summed E-state index contributed by atoms with van der Waals surface area (Å²) in [6, 6.07) is 5.27. The lowest BCUT2D eigenvalue weighted by atomic mass is 10.1. The zero-order valence-electron chi connectivity index (χ0n) is 18.4. The minimum Gasteiger partial charge on any atom is -0.490 e. The highest BCUT2D eigenvalue weighted by Gasteiger charge is 2.34. The second-order valence-corrected chi connectivity index (χ2v) is 7.84. The number of furan rings is 1. The third kappa shape index (κ3) is 5.39. The number of ether oxygens (including phenoxy) is 3. The molecule has 1 aliphatic heterocycles. The first-order valence-electron chi connectivity index (χ1n) is 10.0. The fraction of sp³-hybridized carbons (Fsp3) is 0.273. The normalized spacial score (nSPS) is 15.3. The molecule has 2 N–H and O–H groups in total. The Bertz CT molecular complexity index is 1170. The lowest BCUT2D eigenvalue weighted by Gasteiger charge is -2.16. The topological polar surface area (TPSA) is 145 Å². The predicted octanol–water partition coefficient (Wildman–Crippen LogP) is 3.17. The molecule has 2 heterocycles. The Labute approximate surface area is 202 Å². The number of rotatable bonds is 9. The summed E-state index contributed by atoms with van der Waals surface area (Å²) in [4.78, 5) is 48.8. The lowest BCUT2D eigenvalue weighted by Crippen LogP contribution is -2.30. The summed E-state index contributed by atoms with van der Waals surface area (Å²) in [7, 11) is 1.21. The molecular formula is C22H21BrN2O9. The largest absolute Gasteiger partial charge is 0.490 e. The van der Waals surface area contributed by atoms with E-state index >= 15 is 0 Å². The van der Waals surface area contributed by atoms with Crippen molar-refractivity contribution in [3.63, 3.8) is 0 Å². The van der Waals surface area contributed by atoms with Crippen LogP contribution in [0.4, 0.5) is 4.79 Å². The number of carbonyl (C=O) groups excluding carboxylic acids is 3. The number of hydrogen-bond donors (Lipinski definition) is 2. The van der Waals surface area contributed by atoms with Gasteiger partial charge in [-0.3, -0.25) is 9.69 Å². The smallest absolute Gasteiger partial charge is 0.373 e. The molecule has 3 rings (SSSR count). The van der Waals surface area contributed by atoms with Crippen LogP contribution in [0.1, 0.15) is 35.7 Å². The van der Waals surface area contributed by atoms with Gasteiger partial charge in [-0.25, -0.2) is 14.4 Å². The maximum absolute atomic E-state index is 12.8. The number of methoxy groups -OCH3 is 1. The van der Waals surface area contributed by atoms with Gasteiger partial charge >= 0.3 is 18.0 Å². The number of amides is 3. The van der Waals surface area contributed by atoms with Crippen molar-refractivity contribution in [2.75, 3.05) is 13.7 Å². The van der Waals surface area contributed by atoms with Crippen LogP contribution in [0, 0.1) is 0 Å². The van der Waals surface area contributed by atoms with E-state index in [2.05, 4.69) is 26.0 Å². The number of benzene rings is 1. The van der Waals surface area contributed by atoms with Crippen molar-refractivity contribution < 1.29 is 42.9 Å². The Morgan fingerprint density at radius 2 is 2.00 bits per heavy atom. The summed E-state index contributed by atoms with van der Waals surface area (Å²) in [5, 5.41) is 11.6. The molecule has 0 saturated carbocycles. The van der Waals surface area contributed by atoms with Crippen LogP contribution in [0.3, 0.4) is 0 Å². The highest BCUT2D eigenvalue weighted by molar-refractivity contribution is 9.10. The Balaban J connectivity index is 1.84. The van der Waals surface area contributed by atoms with Crippen molar-refractivity contribution in [3.05, 3.63) is 51.5 Å². The molecule has 0 aliphatic carbocycles. The van der Waals surface area contributed by atoms with E-state index in [4.69, 9.17) is 19.0 Å². The molecule has 12 heteroatoms. The van der Waals surface area contributed by atoms with Crippen molar-refractivity contribution in [1.29, 1.82) is 0 Å². The third-order valence-corrected chi connectivity index (χ3v) is 5.33. The van der Waals surface area contributed by atoms with Crippen molar-refractivity contribution in [1.82, 2.24) is 10.2 Å². The standard InChI is InChI=1S/C22H21BrN2O9/c1-4-32-17-8-12(14(23)9-18(17)33-11(2)20(27)28)7-15-19(26)25(22(30)24-15)10-13-5-6-16(34-13)21(29)31-3/h5-9,11H,4,10H2,1-3H3,(H,24,30)(H,27,28)/b15-7-/t11-/m0/s1. The van der Waals surface area contributed by atoms with Crippen LogP contribution >= 0.6 is 15.9 Å². The van der Waals surface area contributed by atoms with Gasteiger partial charge in [0.25, 0.3) is 5.91 Å². The van der Waals surface area contributed by atoms with Gasteiger partial charge in [-0.05, 0) is 49.8 Å². The van der Waals surface area contributed by atoms with E-state index < -0.39 is 30.0 Å². The zero-order chi connectivity index (χ0) is 25.0. The van der Waals surface area contributed by atoms with E-state index in [1.54, 1.807) is 13.0 Å². The molecule has 0 unspecified atom stereocenters. The summed E-state index contributed by atoms with van der Waals surface area (Å²) in [5.74, 6) is -1.78. The van der Waals surface area contributed by atoms with Crippen LogP contribution in [0.25, 0.3) is 6.08 Å². The quantitative estimate of drug-likeness (QED) is 0.280. The number of carboxylic acid groups (broad SMARTS) is 1. The molecule has 1 aliphatic rings.